The first-order valence-corrected chi connectivity index (χ1v) is 10.5. The van der Waals surface area contributed by atoms with Crippen LogP contribution in [0, 0.1) is 0 Å². The number of piperazine rings is 1. The van der Waals surface area contributed by atoms with Crippen molar-refractivity contribution in [3.63, 3.8) is 0 Å². The average Bonchev–Trinajstić information content (AvgIpc) is 2.63. The molecule has 7 heteroatoms. The highest BCUT2D eigenvalue weighted by Crippen LogP contribution is 2.20. The fraction of sp³-hybridized carbons (Fsp3) is 0.611. The van der Waals surface area contributed by atoms with Gasteiger partial charge in [0.1, 0.15) is 0 Å². The van der Waals surface area contributed by atoms with Crippen molar-refractivity contribution in [2.45, 2.75) is 43.0 Å². The molecule has 3 rings (SSSR count). The van der Waals surface area contributed by atoms with E-state index in [1.165, 1.54) is 16.8 Å². The topological polar surface area (TPSA) is 69.7 Å². The number of hydrogen-bond acceptors (Lipinski definition) is 4. The van der Waals surface area contributed by atoms with Gasteiger partial charge >= 0.3 is 0 Å². The van der Waals surface area contributed by atoms with E-state index in [9.17, 15) is 13.2 Å². The van der Waals surface area contributed by atoms with Crippen LogP contribution in [-0.4, -0.2) is 62.8 Å². The molecule has 0 aromatic heterocycles. The number of likely N-dealkylation sites (N-methyl/N-ethyl adjacent to an activating group) is 1. The summed E-state index contributed by atoms with van der Waals surface area (Å²) in [5.41, 5.74) is 0.417. The van der Waals surface area contributed by atoms with E-state index in [0.29, 0.717) is 18.7 Å². The Kier molecular flexibility index (Phi) is 5.76. The van der Waals surface area contributed by atoms with Gasteiger partial charge < -0.3 is 10.2 Å². The Balaban J connectivity index is 1.73. The van der Waals surface area contributed by atoms with Gasteiger partial charge in [0.25, 0.3) is 5.91 Å². The van der Waals surface area contributed by atoms with Crippen LogP contribution in [0.3, 0.4) is 0 Å². The van der Waals surface area contributed by atoms with Gasteiger partial charge in [0.05, 0.1) is 4.90 Å². The molecule has 2 aliphatic rings. The van der Waals surface area contributed by atoms with Crippen LogP contribution in [0.1, 0.15) is 42.5 Å². The number of nitrogens with one attached hydrogen (secondary N) is 1. The summed E-state index contributed by atoms with van der Waals surface area (Å²) in [5.74, 6) is -0.178. The summed E-state index contributed by atoms with van der Waals surface area (Å²) in [6, 6.07) is 6.62. The predicted octanol–water partition coefficient (Wildman–Crippen LogP) is 1.69. The lowest BCUT2D eigenvalue weighted by Gasteiger charge is -2.31. The zero-order valence-corrected chi connectivity index (χ0v) is 15.6. The quantitative estimate of drug-likeness (QED) is 0.881. The van der Waals surface area contributed by atoms with Gasteiger partial charge in [-0.15, -0.1) is 0 Å². The molecule has 0 bridgehead atoms. The molecule has 1 aliphatic heterocycles. The molecule has 0 radical (unpaired) electrons. The summed E-state index contributed by atoms with van der Waals surface area (Å²) in [6.45, 7) is 2.41. The van der Waals surface area contributed by atoms with Gasteiger partial charge in [-0.3, -0.25) is 4.79 Å². The van der Waals surface area contributed by atoms with Gasteiger partial charge in [-0.05, 0) is 38.1 Å². The summed E-state index contributed by atoms with van der Waals surface area (Å²) < 4.78 is 27.2. The zero-order valence-electron chi connectivity index (χ0n) is 14.8. The third kappa shape index (κ3) is 4.40. The zero-order chi connectivity index (χ0) is 17.9. The van der Waals surface area contributed by atoms with Crippen molar-refractivity contribution in [3.8, 4) is 0 Å². The third-order valence-corrected chi connectivity index (χ3v) is 7.03. The van der Waals surface area contributed by atoms with Crippen LogP contribution in [0.5, 0.6) is 0 Å². The normalized spacial score (nSPS) is 21.2. The molecular weight excluding hydrogens is 338 g/mol. The van der Waals surface area contributed by atoms with Crippen molar-refractivity contribution in [1.29, 1.82) is 0 Å². The average molecular weight is 365 g/mol. The molecule has 25 heavy (non-hydrogen) atoms. The molecular formula is C18H27N3O3S. The summed E-state index contributed by atoms with van der Waals surface area (Å²) in [5, 5.41) is 3.05. The molecule has 2 fully saturated rings. The standard InChI is InChI=1S/C18H27N3O3S/c1-20-10-12-21(13-11-20)25(23,24)17-9-5-6-15(14-17)18(22)19-16-7-3-2-4-8-16/h5-6,9,14,16H,2-4,7-8,10-13H2,1H3,(H,19,22). The maximum atomic E-state index is 12.8. The first-order valence-electron chi connectivity index (χ1n) is 9.06. The van der Waals surface area contributed by atoms with Gasteiger partial charge in [-0.25, -0.2) is 8.42 Å². The summed E-state index contributed by atoms with van der Waals surface area (Å²) in [7, 11) is -1.56. The van der Waals surface area contributed by atoms with E-state index in [2.05, 4.69) is 10.2 Å². The first kappa shape index (κ1) is 18.4. The van der Waals surface area contributed by atoms with Gasteiger partial charge in [0.15, 0.2) is 0 Å². The van der Waals surface area contributed by atoms with Crippen LogP contribution in [-0.2, 0) is 10.0 Å². The van der Waals surface area contributed by atoms with E-state index >= 15 is 0 Å². The number of rotatable bonds is 4. The van der Waals surface area contributed by atoms with Crippen molar-refractivity contribution < 1.29 is 13.2 Å². The van der Waals surface area contributed by atoms with E-state index < -0.39 is 10.0 Å². The van der Waals surface area contributed by atoms with Gasteiger partial charge in [-0.2, -0.15) is 4.31 Å². The number of benzene rings is 1. The fourth-order valence-electron chi connectivity index (χ4n) is 3.49. The van der Waals surface area contributed by atoms with Crippen LogP contribution in [0.25, 0.3) is 0 Å². The van der Waals surface area contributed by atoms with E-state index in [0.717, 1.165) is 38.8 Å². The minimum absolute atomic E-state index is 0.178. The van der Waals surface area contributed by atoms with Crippen molar-refractivity contribution in [3.05, 3.63) is 29.8 Å². The maximum Gasteiger partial charge on any atom is 0.251 e. The fourth-order valence-corrected chi connectivity index (χ4v) is 4.96. The minimum Gasteiger partial charge on any atom is -0.349 e. The van der Waals surface area contributed by atoms with Crippen LogP contribution in [0.2, 0.25) is 0 Å². The monoisotopic (exact) mass is 365 g/mol. The first-order chi connectivity index (χ1) is 12.0. The van der Waals surface area contributed by atoms with Gasteiger partial charge in [0.2, 0.25) is 10.0 Å². The Hall–Kier alpha value is -1.44. The van der Waals surface area contributed by atoms with E-state index in [-0.39, 0.29) is 16.8 Å². The smallest absolute Gasteiger partial charge is 0.251 e. The molecule has 1 aromatic rings. The predicted molar refractivity (Wildman–Crippen MR) is 97.0 cm³/mol. The van der Waals surface area contributed by atoms with Crippen LogP contribution in [0.4, 0.5) is 0 Å². The molecule has 1 amide bonds. The summed E-state index contributed by atoms with van der Waals surface area (Å²) >= 11 is 0. The number of carbonyl (C=O) groups is 1. The molecule has 1 saturated carbocycles. The lowest BCUT2D eigenvalue weighted by molar-refractivity contribution is 0.0927. The Bertz CT molecular complexity index is 706. The van der Waals surface area contributed by atoms with Gasteiger partial charge in [0, 0.05) is 37.8 Å². The van der Waals surface area contributed by atoms with Crippen LogP contribution in [0.15, 0.2) is 29.2 Å². The molecule has 1 aliphatic carbocycles. The lowest BCUT2D eigenvalue weighted by Crippen LogP contribution is -2.47. The highest BCUT2D eigenvalue weighted by atomic mass is 32.2. The van der Waals surface area contributed by atoms with Gasteiger partial charge in [-0.1, -0.05) is 25.3 Å². The molecule has 0 atom stereocenters. The second kappa shape index (κ2) is 7.85. The molecule has 1 aromatic carbocycles. The number of hydrogen-bond donors (Lipinski definition) is 1. The van der Waals surface area contributed by atoms with Crippen LogP contribution >= 0.6 is 0 Å². The van der Waals surface area contributed by atoms with E-state index in [4.69, 9.17) is 0 Å². The summed E-state index contributed by atoms with van der Waals surface area (Å²) in [6.07, 6.45) is 5.52. The molecule has 6 nitrogen and oxygen atoms in total. The molecule has 1 heterocycles. The van der Waals surface area contributed by atoms with Crippen molar-refractivity contribution in [1.82, 2.24) is 14.5 Å². The molecule has 0 spiro atoms. The summed E-state index contributed by atoms with van der Waals surface area (Å²) in [4.78, 5) is 14.8. The molecule has 1 saturated heterocycles. The SMILES string of the molecule is CN1CCN(S(=O)(=O)c2cccc(C(=O)NC3CCCCC3)c2)CC1. The second-order valence-corrected chi connectivity index (χ2v) is 8.98. The molecule has 1 N–H and O–H groups in total. The number of carbonyl (C=O) groups excluding carboxylic acids is 1. The maximum absolute atomic E-state index is 12.8. The van der Waals surface area contributed by atoms with E-state index in [1.54, 1.807) is 18.2 Å². The molecule has 0 unspecified atom stereocenters. The Morgan fingerprint density at radius 1 is 1.08 bits per heavy atom. The van der Waals surface area contributed by atoms with Crippen molar-refractivity contribution in [2.24, 2.45) is 0 Å². The Morgan fingerprint density at radius 2 is 1.76 bits per heavy atom. The van der Waals surface area contributed by atoms with Crippen LogP contribution < -0.4 is 5.32 Å². The second-order valence-electron chi connectivity index (χ2n) is 7.04. The Morgan fingerprint density at radius 3 is 2.44 bits per heavy atom. The number of amides is 1. The highest BCUT2D eigenvalue weighted by Gasteiger charge is 2.28. The van der Waals surface area contributed by atoms with E-state index in [1.807, 2.05) is 7.05 Å². The largest absolute Gasteiger partial charge is 0.349 e. The highest BCUT2D eigenvalue weighted by molar-refractivity contribution is 7.89. The minimum atomic E-state index is -3.55. The number of nitrogens with zero attached hydrogens (tertiary/aromatic N) is 2. The third-order valence-electron chi connectivity index (χ3n) is 5.14. The molecule has 138 valence electrons. The lowest BCUT2D eigenvalue weighted by atomic mass is 9.95. The number of sulfonamides is 1. The Labute approximate surface area is 150 Å². The van der Waals surface area contributed by atoms with Crippen molar-refractivity contribution >= 4 is 15.9 Å². The van der Waals surface area contributed by atoms with Crippen molar-refractivity contribution in [2.75, 3.05) is 33.2 Å².